The fourth-order valence-electron chi connectivity index (χ4n) is 1.80. The highest BCUT2D eigenvalue weighted by Gasteiger charge is 2.25. The van der Waals surface area contributed by atoms with Gasteiger partial charge < -0.3 is 0 Å². The van der Waals surface area contributed by atoms with Crippen LogP contribution < -0.4 is 5.30 Å². The zero-order chi connectivity index (χ0) is 10.1. The fraction of sp³-hybridized carbons (Fsp3) is 0.231. The Kier molecular flexibility index (Phi) is 2.56. The molecule has 72 valence electrons. The predicted molar refractivity (Wildman–Crippen MR) is 65.4 cm³/mol. The van der Waals surface area contributed by atoms with Crippen molar-refractivity contribution >= 4 is 13.2 Å². The van der Waals surface area contributed by atoms with Gasteiger partial charge >= 0.3 is 0 Å². The molecular formula is C13H15P. The molecule has 14 heavy (non-hydrogen) atoms. The summed E-state index contributed by atoms with van der Waals surface area (Å²) in [5.41, 5.74) is 3.32. The lowest BCUT2D eigenvalue weighted by Crippen LogP contribution is -2.06. The second kappa shape index (κ2) is 3.71. The zero-order valence-corrected chi connectivity index (χ0v) is 9.59. The van der Waals surface area contributed by atoms with Crippen LogP contribution in [-0.4, -0.2) is 5.66 Å². The smallest absolute Gasteiger partial charge is 0.00851 e. The summed E-state index contributed by atoms with van der Waals surface area (Å²) >= 11 is 0. The third-order valence-corrected chi connectivity index (χ3v) is 5.52. The third kappa shape index (κ3) is 1.55. The minimum absolute atomic E-state index is 0.142. The Morgan fingerprint density at radius 3 is 2.36 bits per heavy atom. The van der Waals surface area contributed by atoms with Crippen LogP contribution in [0.25, 0.3) is 0 Å². The number of hydrogen-bond acceptors (Lipinski definition) is 0. The van der Waals surface area contributed by atoms with Crippen molar-refractivity contribution < 1.29 is 0 Å². The highest BCUT2D eigenvalue weighted by atomic mass is 31.1. The Morgan fingerprint density at radius 2 is 1.86 bits per heavy atom. The molecule has 1 aliphatic rings. The second-order valence-electron chi connectivity index (χ2n) is 3.76. The van der Waals surface area contributed by atoms with Gasteiger partial charge in [-0.1, -0.05) is 49.7 Å². The van der Waals surface area contributed by atoms with Crippen LogP contribution in [-0.2, 0) is 0 Å². The predicted octanol–water partition coefficient (Wildman–Crippen LogP) is 3.66. The van der Waals surface area contributed by atoms with Gasteiger partial charge in [0.25, 0.3) is 0 Å². The van der Waals surface area contributed by atoms with Crippen LogP contribution in [0.2, 0.25) is 0 Å². The molecule has 0 aliphatic carbocycles. The van der Waals surface area contributed by atoms with E-state index in [1.165, 1.54) is 16.5 Å². The number of rotatable bonds is 1. The van der Waals surface area contributed by atoms with Crippen molar-refractivity contribution in [1.82, 2.24) is 0 Å². The lowest BCUT2D eigenvalue weighted by molar-refractivity contribution is 1.15. The summed E-state index contributed by atoms with van der Waals surface area (Å²) in [6.07, 6.45) is 0. The molecule has 0 nitrogen and oxygen atoms in total. The first-order valence-corrected chi connectivity index (χ1v) is 6.39. The van der Waals surface area contributed by atoms with Crippen LogP contribution >= 0.6 is 7.92 Å². The van der Waals surface area contributed by atoms with Crippen LogP contribution in [0.4, 0.5) is 0 Å². The molecule has 0 aromatic heterocycles. The van der Waals surface area contributed by atoms with Crippen LogP contribution in [0.5, 0.6) is 0 Å². The normalized spacial score (nSPS) is 26.4. The minimum Gasteiger partial charge on any atom is -0.0949 e. The molecule has 1 aromatic carbocycles. The first-order valence-electron chi connectivity index (χ1n) is 4.91. The van der Waals surface area contributed by atoms with Gasteiger partial charge in [-0.2, -0.15) is 0 Å². The largest absolute Gasteiger partial charge is 0.0949 e. The first-order chi connectivity index (χ1) is 6.70. The van der Waals surface area contributed by atoms with Crippen LogP contribution in [0.15, 0.2) is 53.9 Å². The average molecular weight is 202 g/mol. The highest BCUT2D eigenvalue weighted by molar-refractivity contribution is 7.70. The Hall–Kier alpha value is -0.870. The first kappa shape index (κ1) is 9.68. The summed E-state index contributed by atoms with van der Waals surface area (Å²) in [5.74, 6) is 2.40. The van der Waals surface area contributed by atoms with Gasteiger partial charge in [0.15, 0.2) is 0 Å². The van der Waals surface area contributed by atoms with Crippen molar-refractivity contribution in [1.29, 1.82) is 0 Å². The van der Waals surface area contributed by atoms with Gasteiger partial charge in [-0.3, -0.25) is 0 Å². The molecular weight excluding hydrogens is 187 g/mol. The molecule has 0 bridgehead atoms. The maximum absolute atomic E-state index is 4.14. The maximum atomic E-state index is 4.14. The van der Waals surface area contributed by atoms with Gasteiger partial charge in [0.05, 0.1) is 0 Å². The summed E-state index contributed by atoms with van der Waals surface area (Å²) in [6, 6.07) is 10.8. The van der Waals surface area contributed by atoms with E-state index in [1.54, 1.807) is 0 Å². The summed E-state index contributed by atoms with van der Waals surface area (Å²) in [5, 5.41) is 1.47. The van der Waals surface area contributed by atoms with Crippen LogP contribution in [0.3, 0.4) is 0 Å². The molecule has 0 spiro atoms. The standard InChI is InChI=1S/C13H15P/c1-10-9-14(12(3)11(10)2)13-7-5-4-6-8-13/h4-9,12H,2H2,1,3H3/t12-,14+/m1/s1. The number of allylic oxidation sites excluding steroid dienone is 2. The molecule has 0 saturated carbocycles. The van der Waals surface area contributed by atoms with E-state index in [0.29, 0.717) is 5.66 Å². The maximum Gasteiger partial charge on any atom is 0.00851 e. The molecule has 0 fully saturated rings. The van der Waals surface area contributed by atoms with Crippen molar-refractivity contribution in [3.63, 3.8) is 0 Å². The van der Waals surface area contributed by atoms with Crippen molar-refractivity contribution in [3.05, 3.63) is 53.9 Å². The summed E-state index contributed by atoms with van der Waals surface area (Å²) in [4.78, 5) is 0. The topological polar surface area (TPSA) is 0 Å². The van der Waals surface area contributed by atoms with Gasteiger partial charge in [0.2, 0.25) is 0 Å². The van der Waals surface area contributed by atoms with Gasteiger partial charge in [0.1, 0.15) is 0 Å². The molecule has 1 heterocycles. The van der Waals surface area contributed by atoms with E-state index < -0.39 is 0 Å². The van der Waals surface area contributed by atoms with Crippen molar-refractivity contribution in [3.8, 4) is 0 Å². The molecule has 2 rings (SSSR count). The van der Waals surface area contributed by atoms with Crippen molar-refractivity contribution in [2.24, 2.45) is 0 Å². The second-order valence-corrected chi connectivity index (χ2v) is 6.12. The number of hydrogen-bond donors (Lipinski definition) is 0. The minimum atomic E-state index is -0.142. The van der Waals surface area contributed by atoms with E-state index in [1.807, 2.05) is 0 Å². The number of benzene rings is 1. The third-order valence-electron chi connectivity index (χ3n) is 2.82. The van der Waals surface area contributed by atoms with Gasteiger partial charge in [-0.05, 0) is 31.3 Å². The van der Waals surface area contributed by atoms with Gasteiger partial charge in [-0.25, -0.2) is 0 Å². The Labute approximate surface area is 87.1 Å². The summed E-state index contributed by atoms with van der Waals surface area (Å²) in [7, 11) is -0.142. The van der Waals surface area contributed by atoms with Gasteiger partial charge in [-0.15, -0.1) is 0 Å². The van der Waals surface area contributed by atoms with E-state index in [-0.39, 0.29) is 7.92 Å². The zero-order valence-electron chi connectivity index (χ0n) is 8.70. The average Bonchev–Trinajstić information content (AvgIpc) is 2.47. The molecule has 0 N–H and O–H groups in total. The van der Waals surface area contributed by atoms with Crippen molar-refractivity contribution in [2.75, 3.05) is 0 Å². The quantitative estimate of drug-likeness (QED) is 0.610. The summed E-state index contributed by atoms with van der Waals surface area (Å²) in [6.45, 7) is 8.60. The molecule has 0 unspecified atom stereocenters. The van der Waals surface area contributed by atoms with Crippen molar-refractivity contribution in [2.45, 2.75) is 19.5 Å². The van der Waals surface area contributed by atoms with E-state index in [2.05, 4.69) is 56.6 Å². The Balaban J connectivity index is 2.34. The van der Waals surface area contributed by atoms with E-state index in [0.717, 1.165) is 0 Å². The lowest BCUT2D eigenvalue weighted by Gasteiger charge is -2.16. The monoisotopic (exact) mass is 202 g/mol. The van der Waals surface area contributed by atoms with Crippen LogP contribution in [0.1, 0.15) is 13.8 Å². The molecule has 1 aliphatic heterocycles. The SMILES string of the molecule is C=C1C(C)=C[P@](c2ccccc2)[C@@H]1C. The molecule has 0 saturated heterocycles. The molecule has 0 amide bonds. The Bertz CT molecular complexity index is 375. The van der Waals surface area contributed by atoms with E-state index in [9.17, 15) is 0 Å². The molecule has 1 heteroatoms. The summed E-state index contributed by atoms with van der Waals surface area (Å²) < 4.78 is 0. The van der Waals surface area contributed by atoms with E-state index in [4.69, 9.17) is 0 Å². The fourth-order valence-corrected chi connectivity index (χ4v) is 4.26. The van der Waals surface area contributed by atoms with Crippen LogP contribution in [0, 0.1) is 0 Å². The Morgan fingerprint density at radius 1 is 1.21 bits per heavy atom. The highest BCUT2D eigenvalue weighted by Crippen LogP contribution is 2.52. The lowest BCUT2D eigenvalue weighted by atomic mass is 10.1. The molecule has 0 radical (unpaired) electrons. The van der Waals surface area contributed by atoms with Gasteiger partial charge in [0, 0.05) is 5.66 Å². The van der Waals surface area contributed by atoms with E-state index >= 15 is 0 Å². The molecule has 2 atom stereocenters. The molecule has 1 aromatic rings.